The number of hydrogen-bond acceptors (Lipinski definition) is 4. The second kappa shape index (κ2) is 13.4. The van der Waals surface area contributed by atoms with E-state index in [0.29, 0.717) is 45.2 Å². The smallest absolute Gasteiger partial charge is 0.220 e. The average Bonchev–Trinajstić information content (AvgIpc) is 2.84. The van der Waals surface area contributed by atoms with Crippen molar-refractivity contribution in [3.8, 4) is 0 Å². The van der Waals surface area contributed by atoms with Crippen molar-refractivity contribution in [2.45, 2.75) is 127 Å². The van der Waals surface area contributed by atoms with E-state index in [4.69, 9.17) is 0 Å². The predicted molar refractivity (Wildman–Crippen MR) is 178 cm³/mol. The molecule has 2 aliphatic carbocycles. The molecule has 43 heavy (non-hydrogen) atoms. The van der Waals surface area contributed by atoms with Crippen molar-refractivity contribution in [3.63, 3.8) is 0 Å². The minimum atomic E-state index is -0.579. The molecule has 0 aliphatic heterocycles. The Morgan fingerprint density at radius 3 is 1.21 bits per heavy atom. The van der Waals surface area contributed by atoms with Crippen LogP contribution in [-0.4, -0.2) is 47.3 Å². The van der Waals surface area contributed by atoms with E-state index in [-0.39, 0.29) is 33.5 Å². The third-order valence-electron chi connectivity index (χ3n) is 9.99. The van der Waals surface area contributed by atoms with E-state index in [9.17, 15) is 19.8 Å². The zero-order valence-corrected chi connectivity index (χ0v) is 29.3. The lowest BCUT2D eigenvalue weighted by Crippen LogP contribution is -2.53. The van der Waals surface area contributed by atoms with Gasteiger partial charge in [0.1, 0.15) is 0 Å². The Morgan fingerprint density at radius 1 is 0.628 bits per heavy atom. The van der Waals surface area contributed by atoms with Crippen molar-refractivity contribution in [3.05, 3.63) is 47.6 Å². The fraction of sp³-hybridized carbons (Fsp3) is 0.730. The van der Waals surface area contributed by atoms with Crippen molar-refractivity contribution in [2.24, 2.45) is 32.5 Å². The second-order valence-corrected chi connectivity index (χ2v) is 16.8. The molecule has 0 bridgehead atoms. The summed E-state index contributed by atoms with van der Waals surface area (Å²) in [4.78, 5) is 25.1. The number of rotatable bonds is 10. The summed E-state index contributed by atoms with van der Waals surface area (Å²) in [7, 11) is 0. The van der Waals surface area contributed by atoms with Crippen LogP contribution in [0.25, 0.3) is 0 Å². The average molecular weight is 599 g/mol. The molecule has 0 aromatic carbocycles. The van der Waals surface area contributed by atoms with E-state index in [0.717, 1.165) is 11.1 Å². The second-order valence-electron chi connectivity index (χ2n) is 16.8. The molecule has 2 atom stereocenters. The molecule has 0 fully saturated rings. The fourth-order valence-corrected chi connectivity index (χ4v) is 8.02. The zero-order chi connectivity index (χ0) is 33.1. The third-order valence-corrected chi connectivity index (χ3v) is 9.99. The molecule has 2 aliphatic rings. The number of carbonyl (C=O) groups is 2. The number of allylic oxidation sites excluding steroid dienone is 4. The Kier molecular flexibility index (Phi) is 11.6. The molecule has 2 rings (SSSR count). The molecule has 2 amide bonds. The van der Waals surface area contributed by atoms with Gasteiger partial charge >= 0.3 is 0 Å². The van der Waals surface area contributed by atoms with Gasteiger partial charge in [-0.2, -0.15) is 0 Å². The van der Waals surface area contributed by atoms with Gasteiger partial charge in [-0.15, -0.1) is 0 Å². The van der Waals surface area contributed by atoms with Crippen LogP contribution >= 0.6 is 0 Å². The summed E-state index contributed by atoms with van der Waals surface area (Å²) >= 11 is 0. The van der Waals surface area contributed by atoms with Crippen LogP contribution in [-0.2, 0) is 9.59 Å². The summed E-state index contributed by atoms with van der Waals surface area (Å²) < 4.78 is 0. The van der Waals surface area contributed by atoms with E-state index in [1.54, 1.807) is 0 Å². The van der Waals surface area contributed by atoms with Crippen molar-refractivity contribution in [1.29, 1.82) is 0 Å². The van der Waals surface area contributed by atoms with E-state index in [2.05, 4.69) is 106 Å². The van der Waals surface area contributed by atoms with Gasteiger partial charge in [-0.25, -0.2) is 0 Å². The molecule has 0 aromatic heterocycles. The highest BCUT2D eigenvalue weighted by molar-refractivity contribution is 5.77. The molecular weight excluding hydrogens is 536 g/mol. The molecule has 4 N–H and O–H groups in total. The number of aliphatic hydroxyl groups excluding tert-OH is 2. The summed E-state index contributed by atoms with van der Waals surface area (Å²) in [6.07, 6.45) is 13.6. The first kappa shape index (κ1) is 37.0. The molecule has 244 valence electrons. The molecule has 0 saturated carbocycles. The Balaban J connectivity index is 1.81. The number of amides is 2. The van der Waals surface area contributed by atoms with E-state index in [1.807, 2.05) is 24.3 Å². The van der Waals surface area contributed by atoms with Crippen molar-refractivity contribution in [2.75, 3.05) is 13.1 Å². The summed E-state index contributed by atoms with van der Waals surface area (Å²) in [6.45, 7) is 27.0. The van der Waals surface area contributed by atoms with E-state index in [1.165, 1.54) is 0 Å². The first-order valence-corrected chi connectivity index (χ1v) is 16.2. The molecule has 0 radical (unpaired) electrons. The monoisotopic (exact) mass is 598 g/mol. The molecule has 0 aromatic rings. The van der Waals surface area contributed by atoms with Gasteiger partial charge in [-0.1, -0.05) is 131 Å². The molecule has 2 unspecified atom stereocenters. The summed E-state index contributed by atoms with van der Waals surface area (Å²) in [6, 6.07) is 0. The van der Waals surface area contributed by atoms with Gasteiger partial charge in [0.15, 0.2) is 0 Å². The van der Waals surface area contributed by atoms with Crippen molar-refractivity contribution in [1.82, 2.24) is 10.6 Å². The number of aliphatic hydroxyl groups is 2. The minimum Gasteiger partial charge on any atom is -0.388 e. The highest BCUT2D eigenvalue weighted by Crippen LogP contribution is 2.58. The predicted octanol–water partition coefficient (Wildman–Crippen LogP) is 7.04. The summed E-state index contributed by atoms with van der Waals surface area (Å²) in [5.41, 5.74) is 0.631. The van der Waals surface area contributed by atoms with E-state index < -0.39 is 23.0 Å². The lowest BCUT2D eigenvalue weighted by Gasteiger charge is -2.55. The molecule has 0 spiro atoms. The fourth-order valence-electron chi connectivity index (χ4n) is 8.02. The zero-order valence-electron chi connectivity index (χ0n) is 29.3. The van der Waals surface area contributed by atoms with Crippen LogP contribution in [0, 0.1) is 32.5 Å². The standard InChI is InChI=1S/C37H62N2O4/c1-32(2,3)36(33(4,5)6)24-26(14-18-28(36)40)16-20-30(42)38-22-13-23-39-31(43)21-17-27-15-19-29(41)37(25-27,34(7,8)9)35(10,11)12/h14-15,18-19,24-25,28-29,40-41H,13,16-17,20-23H2,1-12H3,(H,38,42)(H,39,43). The van der Waals surface area contributed by atoms with Crippen molar-refractivity contribution >= 4 is 11.8 Å². The van der Waals surface area contributed by atoms with Crippen LogP contribution in [0.4, 0.5) is 0 Å². The van der Waals surface area contributed by atoms with Gasteiger partial charge in [0, 0.05) is 36.8 Å². The van der Waals surface area contributed by atoms with Gasteiger partial charge in [0.05, 0.1) is 12.2 Å². The highest BCUT2D eigenvalue weighted by atomic mass is 16.3. The third kappa shape index (κ3) is 8.11. The Labute approximate surface area is 262 Å². The number of nitrogens with one attached hydrogen (secondary N) is 2. The number of carbonyl (C=O) groups excluding carboxylic acids is 2. The van der Waals surface area contributed by atoms with Gasteiger partial charge in [0.25, 0.3) is 0 Å². The Hall–Kier alpha value is -2.18. The SMILES string of the molecule is CC(C)(C)C1(C(C)(C)C)C=C(CCC(=O)NCCCNC(=O)CCC2=CC(C(C)(C)C)(C(C)(C)C)C(O)C=C2)C=CC1O. The summed E-state index contributed by atoms with van der Waals surface area (Å²) in [5.74, 6) is -0.0217. The maximum absolute atomic E-state index is 12.6. The Morgan fingerprint density at radius 2 is 0.930 bits per heavy atom. The van der Waals surface area contributed by atoms with Crippen LogP contribution in [0.2, 0.25) is 0 Å². The molecular formula is C37H62N2O4. The largest absolute Gasteiger partial charge is 0.388 e. The van der Waals surface area contributed by atoms with Crippen LogP contribution < -0.4 is 10.6 Å². The van der Waals surface area contributed by atoms with Gasteiger partial charge in [-0.05, 0) is 40.9 Å². The molecule has 6 nitrogen and oxygen atoms in total. The van der Waals surface area contributed by atoms with E-state index >= 15 is 0 Å². The molecule has 6 heteroatoms. The minimum absolute atomic E-state index is 0.0109. The maximum Gasteiger partial charge on any atom is 0.220 e. The summed E-state index contributed by atoms with van der Waals surface area (Å²) in [5, 5.41) is 28.0. The maximum atomic E-state index is 12.6. The van der Waals surface area contributed by atoms with Gasteiger partial charge in [0.2, 0.25) is 11.8 Å². The highest BCUT2D eigenvalue weighted by Gasteiger charge is 2.55. The number of hydrogen-bond donors (Lipinski definition) is 4. The first-order valence-electron chi connectivity index (χ1n) is 16.2. The first-order chi connectivity index (χ1) is 19.5. The topological polar surface area (TPSA) is 98.7 Å². The lowest BCUT2D eigenvalue weighted by atomic mass is 9.50. The quantitative estimate of drug-likeness (QED) is 0.203. The molecule has 0 heterocycles. The van der Waals surface area contributed by atoms with Crippen LogP contribution in [0.15, 0.2) is 47.6 Å². The van der Waals surface area contributed by atoms with Crippen LogP contribution in [0.5, 0.6) is 0 Å². The van der Waals surface area contributed by atoms with Crippen molar-refractivity contribution < 1.29 is 19.8 Å². The normalized spacial score (nSPS) is 22.1. The van der Waals surface area contributed by atoms with Crippen LogP contribution in [0.1, 0.15) is 115 Å². The van der Waals surface area contributed by atoms with Gasteiger partial charge < -0.3 is 20.8 Å². The molecule has 0 saturated heterocycles. The van der Waals surface area contributed by atoms with Gasteiger partial charge in [-0.3, -0.25) is 9.59 Å². The lowest BCUT2D eigenvalue weighted by molar-refractivity contribution is -0.121. The van der Waals surface area contributed by atoms with Crippen LogP contribution in [0.3, 0.4) is 0 Å². The Bertz CT molecular complexity index is 997.